The van der Waals surface area contributed by atoms with E-state index < -0.39 is 0 Å². The van der Waals surface area contributed by atoms with Crippen LogP contribution in [0.1, 0.15) is 126 Å². The number of phenolic OH excluding ortho intramolecular Hbond substituents is 2. The van der Waals surface area contributed by atoms with Crippen molar-refractivity contribution in [3.63, 3.8) is 0 Å². The van der Waals surface area contributed by atoms with Crippen molar-refractivity contribution in [3.05, 3.63) is 57.6 Å². The minimum atomic E-state index is -0.199. The smallest absolute Gasteiger partial charge is 0.122 e. The maximum Gasteiger partial charge on any atom is 0.122 e. The summed E-state index contributed by atoms with van der Waals surface area (Å²) in [4.78, 5) is 0. The minimum absolute atomic E-state index is 0.199. The lowest BCUT2D eigenvalue weighted by Gasteiger charge is -2.35. The van der Waals surface area contributed by atoms with Crippen molar-refractivity contribution in [3.8, 4) is 11.5 Å². The van der Waals surface area contributed by atoms with Crippen molar-refractivity contribution in [1.82, 2.24) is 0 Å². The summed E-state index contributed by atoms with van der Waals surface area (Å²) in [7, 11) is 0. The fourth-order valence-electron chi connectivity index (χ4n) is 5.23. The molecule has 184 valence electrons. The number of hydrogen-bond acceptors (Lipinski definition) is 2. The summed E-state index contributed by atoms with van der Waals surface area (Å²) in [5, 5.41) is 21.6. The second-order valence-electron chi connectivity index (χ2n) is 10.2. The molecule has 0 spiro atoms. The van der Waals surface area contributed by atoms with Crippen molar-refractivity contribution in [1.29, 1.82) is 0 Å². The van der Waals surface area contributed by atoms with Crippen molar-refractivity contribution >= 4 is 0 Å². The van der Waals surface area contributed by atoms with Gasteiger partial charge in [0.2, 0.25) is 0 Å². The van der Waals surface area contributed by atoms with E-state index in [2.05, 4.69) is 53.7 Å². The van der Waals surface area contributed by atoms with E-state index >= 15 is 0 Å². The van der Waals surface area contributed by atoms with Crippen LogP contribution in [0.4, 0.5) is 0 Å². The van der Waals surface area contributed by atoms with Gasteiger partial charge in [-0.2, -0.15) is 0 Å². The van der Waals surface area contributed by atoms with Gasteiger partial charge in [-0.1, -0.05) is 79.4 Å². The van der Waals surface area contributed by atoms with Gasteiger partial charge in [0, 0.05) is 5.41 Å². The van der Waals surface area contributed by atoms with E-state index in [9.17, 15) is 10.2 Å². The van der Waals surface area contributed by atoms with Crippen LogP contribution in [-0.2, 0) is 31.1 Å². The molecule has 0 aromatic heterocycles. The molecule has 0 aliphatic rings. The number of hydrogen-bond donors (Lipinski definition) is 2. The third kappa shape index (κ3) is 6.55. The van der Waals surface area contributed by atoms with E-state index in [4.69, 9.17) is 0 Å². The summed E-state index contributed by atoms with van der Waals surface area (Å²) >= 11 is 0. The highest BCUT2D eigenvalue weighted by molar-refractivity contribution is 5.60. The van der Waals surface area contributed by atoms with Crippen LogP contribution in [0.25, 0.3) is 0 Å². The van der Waals surface area contributed by atoms with Gasteiger partial charge >= 0.3 is 0 Å². The van der Waals surface area contributed by atoms with E-state index in [1.54, 1.807) is 0 Å². The normalized spacial score (nSPS) is 11.8. The first-order chi connectivity index (χ1) is 15.8. The summed E-state index contributed by atoms with van der Waals surface area (Å²) in [5.74, 6) is 0.907. The summed E-state index contributed by atoms with van der Waals surface area (Å²) in [5.41, 5.74) is 7.68. The van der Waals surface area contributed by atoms with Gasteiger partial charge in [0.15, 0.2) is 0 Å². The number of aromatic hydroxyl groups is 2. The molecule has 0 saturated heterocycles. The highest BCUT2D eigenvalue weighted by Crippen LogP contribution is 2.45. The zero-order valence-electron chi connectivity index (χ0n) is 22.2. The zero-order chi connectivity index (χ0) is 24.4. The molecule has 0 aliphatic carbocycles. The molecule has 2 nitrogen and oxygen atoms in total. The molecule has 2 N–H and O–H groups in total. The largest absolute Gasteiger partial charge is 0.508 e. The Labute approximate surface area is 203 Å². The molecule has 0 unspecified atom stereocenters. The molecule has 0 saturated carbocycles. The number of phenols is 2. The zero-order valence-corrected chi connectivity index (χ0v) is 22.2. The van der Waals surface area contributed by atoms with Crippen molar-refractivity contribution in [2.24, 2.45) is 0 Å². The Morgan fingerprint density at radius 3 is 1.30 bits per heavy atom. The molecule has 0 radical (unpaired) electrons. The van der Waals surface area contributed by atoms with Gasteiger partial charge in [0.05, 0.1) is 0 Å². The van der Waals surface area contributed by atoms with Crippen LogP contribution in [0, 0.1) is 0 Å². The Morgan fingerprint density at radius 1 is 0.576 bits per heavy atom. The van der Waals surface area contributed by atoms with Gasteiger partial charge in [-0.3, -0.25) is 0 Å². The Hall–Kier alpha value is -1.96. The molecule has 2 aromatic rings. The molecule has 0 heterocycles. The molecular weight excluding hydrogens is 404 g/mol. The van der Waals surface area contributed by atoms with Crippen LogP contribution >= 0.6 is 0 Å². The van der Waals surface area contributed by atoms with Crippen LogP contribution in [-0.4, -0.2) is 10.2 Å². The van der Waals surface area contributed by atoms with E-state index in [1.807, 2.05) is 12.1 Å². The first-order valence-corrected chi connectivity index (χ1v) is 13.5. The number of benzene rings is 2. The molecule has 2 aromatic carbocycles. The standard InChI is InChI=1S/C31H48O2/c1-7-11-15-25-27(17-13-9-3)30(33)28(18-14-10-4)26(16-12-8-2)29(25)31(5,6)23-19-21-24(32)22-20-23/h19-22,32-33H,7-18H2,1-6H3. The fourth-order valence-corrected chi connectivity index (χ4v) is 5.23. The van der Waals surface area contributed by atoms with E-state index in [1.165, 1.54) is 33.4 Å². The van der Waals surface area contributed by atoms with Crippen LogP contribution in [0.15, 0.2) is 24.3 Å². The van der Waals surface area contributed by atoms with E-state index in [0.717, 1.165) is 77.0 Å². The van der Waals surface area contributed by atoms with Gasteiger partial charge in [-0.05, 0) is 96.9 Å². The Morgan fingerprint density at radius 2 is 0.939 bits per heavy atom. The average molecular weight is 453 g/mol. The summed E-state index contributed by atoms with van der Waals surface area (Å²) < 4.78 is 0. The van der Waals surface area contributed by atoms with Crippen LogP contribution < -0.4 is 0 Å². The molecule has 0 atom stereocenters. The summed E-state index contributed by atoms with van der Waals surface area (Å²) in [6.07, 6.45) is 13.0. The maximum absolute atomic E-state index is 11.7. The quantitative estimate of drug-likeness (QED) is 0.300. The SMILES string of the molecule is CCCCc1c(O)c(CCCC)c(CCCC)c(C(C)(C)c2ccc(O)cc2)c1CCCC. The Bertz CT molecular complexity index is 820. The highest BCUT2D eigenvalue weighted by atomic mass is 16.3. The molecule has 2 rings (SSSR count). The van der Waals surface area contributed by atoms with E-state index in [0.29, 0.717) is 11.5 Å². The second kappa shape index (κ2) is 13.1. The van der Waals surface area contributed by atoms with Gasteiger partial charge in [-0.15, -0.1) is 0 Å². The lowest BCUT2D eigenvalue weighted by Crippen LogP contribution is -2.26. The van der Waals surface area contributed by atoms with Gasteiger partial charge in [-0.25, -0.2) is 0 Å². The Balaban J connectivity index is 2.90. The number of rotatable bonds is 14. The molecule has 0 bridgehead atoms. The van der Waals surface area contributed by atoms with Crippen LogP contribution in [0.2, 0.25) is 0 Å². The predicted octanol–water partition coefficient (Wildman–Crippen LogP) is 8.79. The van der Waals surface area contributed by atoms with Gasteiger partial charge in [0.25, 0.3) is 0 Å². The monoisotopic (exact) mass is 452 g/mol. The van der Waals surface area contributed by atoms with Crippen LogP contribution in [0.3, 0.4) is 0 Å². The third-order valence-corrected chi connectivity index (χ3v) is 7.24. The molecule has 0 amide bonds. The number of unbranched alkanes of at least 4 members (excludes halogenated alkanes) is 4. The topological polar surface area (TPSA) is 40.5 Å². The predicted molar refractivity (Wildman–Crippen MR) is 143 cm³/mol. The summed E-state index contributed by atoms with van der Waals surface area (Å²) in [6.45, 7) is 13.6. The van der Waals surface area contributed by atoms with Gasteiger partial charge in [0.1, 0.15) is 11.5 Å². The molecule has 0 fully saturated rings. The molecule has 0 aliphatic heterocycles. The van der Waals surface area contributed by atoms with E-state index in [-0.39, 0.29) is 5.41 Å². The van der Waals surface area contributed by atoms with Crippen molar-refractivity contribution in [2.45, 2.75) is 124 Å². The Kier molecular flexibility index (Phi) is 10.8. The molecule has 2 heteroatoms. The third-order valence-electron chi connectivity index (χ3n) is 7.24. The highest BCUT2D eigenvalue weighted by Gasteiger charge is 2.33. The van der Waals surface area contributed by atoms with Crippen molar-refractivity contribution < 1.29 is 10.2 Å². The first kappa shape index (κ1) is 27.3. The lowest BCUT2D eigenvalue weighted by molar-refractivity contribution is 0.452. The fraction of sp³-hybridized carbons (Fsp3) is 0.613. The van der Waals surface area contributed by atoms with Gasteiger partial charge < -0.3 is 10.2 Å². The minimum Gasteiger partial charge on any atom is -0.508 e. The summed E-state index contributed by atoms with van der Waals surface area (Å²) in [6, 6.07) is 7.77. The van der Waals surface area contributed by atoms with Crippen molar-refractivity contribution in [2.75, 3.05) is 0 Å². The molecular formula is C31H48O2. The first-order valence-electron chi connectivity index (χ1n) is 13.5. The van der Waals surface area contributed by atoms with Crippen LogP contribution in [0.5, 0.6) is 11.5 Å². The average Bonchev–Trinajstić information content (AvgIpc) is 2.80. The molecule has 33 heavy (non-hydrogen) atoms. The maximum atomic E-state index is 11.7. The second-order valence-corrected chi connectivity index (χ2v) is 10.2. The lowest BCUT2D eigenvalue weighted by atomic mass is 9.69.